The summed E-state index contributed by atoms with van der Waals surface area (Å²) < 4.78 is 0. The van der Waals surface area contributed by atoms with Gasteiger partial charge in [-0.15, -0.1) is 0 Å². The molecule has 5 aliphatic carbocycles. The highest BCUT2D eigenvalue weighted by Crippen LogP contribution is 2.75. The van der Waals surface area contributed by atoms with Crippen LogP contribution in [0.4, 0.5) is 0 Å². The molecule has 182 valence electrons. The van der Waals surface area contributed by atoms with E-state index in [0.29, 0.717) is 28.6 Å². The maximum absolute atomic E-state index is 11.5. The lowest BCUT2D eigenvalue weighted by Crippen LogP contribution is -2.66. The van der Waals surface area contributed by atoms with Crippen molar-refractivity contribution in [3.63, 3.8) is 0 Å². The Bertz CT molecular complexity index is 825. The number of hydrogen-bond acceptors (Lipinski definition) is 2. The molecule has 0 radical (unpaired) electrons. The standard InChI is InChI=1S/C30H50O2/c1-25(2)13-14-27(5)15-16-28(6)19(20(27)18-25)9-10-22-29(28,7)12-11-21-26(3,4)23(31)17-24(32)30(21,22)8/h11,19-20,22-24,31-32H,9-10,12-18H2,1-8H3/t19-,20+,22+,23+,24?,27-,28-,29-,30+/m1/s1. The summed E-state index contributed by atoms with van der Waals surface area (Å²) in [4.78, 5) is 0. The number of rotatable bonds is 0. The smallest absolute Gasteiger partial charge is 0.0658 e. The van der Waals surface area contributed by atoms with Crippen molar-refractivity contribution in [2.24, 2.45) is 50.2 Å². The largest absolute Gasteiger partial charge is 0.392 e. The molecule has 2 heteroatoms. The van der Waals surface area contributed by atoms with E-state index in [2.05, 4.69) is 61.5 Å². The van der Waals surface area contributed by atoms with Gasteiger partial charge in [-0.05, 0) is 90.8 Å². The first kappa shape index (κ1) is 23.4. The number of allylic oxidation sites excluding steroid dienone is 1. The minimum atomic E-state index is -0.451. The summed E-state index contributed by atoms with van der Waals surface area (Å²) in [6.45, 7) is 19.7. The number of aliphatic hydroxyl groups excluding tert-OH is 2. The predicted octanol–water partition coefficient (Wildman–Crippen LogP) is 7.14. The van der Waals surface area contributed by atoms with Gasteiger partial charge in [-0.2, -0.15) is 0 Å². The van der Waals surface area contributed by atoms with Gasteiger partial charge < -0.3 is 10.2 Å². The van der Waals surface area contributed by atoms with Crippen molar-refractivity contribution in [3.05, 3.63) is 11.6 Å². The summed E-state index contributed by atoms with van der Waals surface area (Å²) in [5.74, 6) is 2.15. The predicted molar refractivity (Wildman–Crippen MR) is 132 cm³/mol. The molecule has 0 amide bonds. The quantitative estimate of drug-likeness (QED) is 0.391. The van der Waals surface area contributed by atoms with Crippen LogP contribution in [0.5, 0.6) is 0 Å². The van der Waals surface area contributed by atoms with E-state index >= 15 is 0 Å². The van der Waals surface area contributed by atoms with Crippen LogP contribution in [-0.2, 0) is 0 Å². The maximum atomic E-state index is 11.5. The van der Waals surface area contributed by atoms with Gasteiger partial charge in [0, 0.05) is 17.3 Å². The number of fused-ring (bicyclic) bond motifs is 7. The Morgan fingerprint density at radius 3 is 2.09 bits per heavy atom. The lowest BCUT2D eigenvalue weighted by Gasteiger charge is -2.72. The molecule has 0 saturated heterocycles. The molecule has 1 unspecified atom stereocenters. The molecule has 0 spiro atoms. The molecule has 0 aromatic carbocycles. The third-order valence-corrected chi connectivity index (χ3v) is 13.1. The molecule has 0 heterocycles. The Labute approximate surface area is 197 Å². The third-order valence-electron chi connectivity index (χ3n) is 13.1. The van der Waals surface area contributed by atoms with E-state index < -0.39 is 12.2 Å². The molecular weight excluding hydrogens is 392 g/mol. The fraction of sp³-hybridized carbons (Fsp3) is 0.933. The molecule has 4 fully saturated rings. The van der Waals surface area contributed by atoms with Gasteiger partial charge >= 0.3 is 0 Å². The second-order valence-corrected chi connectivity index (χ2v) is 15.3. The van der Waals surface area contributed by atoms with Crippen molar-refractivity contribution in [3.8, 4) is 0 Å². The highest BCUT2D eigenvalue weighted by Gasteiger charge is 2.69. The molecule has 0 aliphatic heterocycles. The van der Waals surface area contributed by atoms with Gasteiger partial charge in [-0.25, -0.2) is 0 Å². The van der Waals surface area contributed by atoms with Crippen LogP contribution in [0.15, 0.2) is 11.6 Å². The third kappa shape index (κ3) is 2.72. The van der Waals surface area contributed by atoms with Gasteiger partial charge in [-0.1, -0.05) is 67.0 Å². The van der Waals surface area contributed by atoms with Crippen molar-refractivity contribution in [2.75, 3.05) is 0 Å². The van der Waals surface area contributed by atoms with E-state index in [-0.39, 0.29) is 16.2 Å². The molecule has 0 aromatic heterocycles. The van der Waals surface area contributed by atoms with E-state index in [1.165, 1.54) is 50.5 Å². The van der Waals surface area contributed by atoms with Gasteiger partial charge in [0.2, 0.25) is 0 Å². The first-order valence-corrected chi connectivity index (χ1v) is 13.7. The van der Waals surface area contributed by atoms with Crippen LogP contribution in [-0.4, -0.2) is 22.4 Å². The second-order valence-electron chi connectivity index (χ2n) is 15.3. The molecule has 0 aromatic rings. The molecule has 9 atom stereocenters. The minimum absolute atomic E-state index is 0.212. The van der Waals surface area contributed by atoms with E-state index in [4.69, 9.17) is 0 Å². The van der Waals surface area contributed by atoms with Crippen molar-refractivity contribution >= 4 is 0 Å². The molecule has 2 N–H and O–H groups in total. The molecule has 0 bridgehead atoms. The highest BCUT2D eigenvalue weighted by atomic mass is 16.3. The van der Waals surface area contributed by atoms with E-state index in [0.717, 1.165) is 18.3 Å². The Balaban J connectivity index is 1.59. The Morgan fingerprint density at radius 2 is 1.41 bits per heavy atom. The summed E-state index contributed by atoms with van der Waals surface area (Å²) >= 11 is 0. The topological polar surface area (TPSA) is 40.5 Å². The van der Waals surface area contributed by atoms with E-state index in [1.807, 2.05) is 0 Å². The summed E-state index contributed by atoms with van der Waals surface area (Å²) in [5, 5.41) is 22.4. The second kappa shape index (κ2) is 6.66. The Hall–Kier alpha value is -0.340. The lowest BCUT2D eigenvalue weighted by atomic mass is 9.33. The van der Waals surface area contributed by atoms with Crippen LogP contribution in [0.25, 0.3) is 0 Å². The average Bonchev–Trinajstić information content (AvgIpc) is 2.68. The fourth-order valence-electron chi connectivity index (χ4n) is 10.5. The highest BCUT2D eigenvalue weighted by molar-refractivity contribution is 5.35. The SMILES string of the molecule is CC1(C)CC[C@]2(C)CC[C@]3(C)[C@H](CC[C@@H]4[C@]5(C)C(=CC[C@]43C)C(C)(C)[C@@H](O)CC5O)[C@@H]2C1. The zero-order chi connectivity index (χ0) is 23.5. The summed E-state index contributed by atoms with van der Waals surface area (Å²) in [7, 11) is 0. The van der Waals surface area contributed by atoms with Gasteiger partial charge in [0.05, 0.1) is 12.2 Å². The van der Waals surface area contributed by atoms with Crippen LogP contribution >= 0.6 is 0 Å². The molecule has 4 saturated carbocycles. The average molecular weight is 443 g/mol. The fourth-order valence-corrected chi connectivity index (χ4v) is 10.5. The number of hydrogen-bond donors (Lipinski definition) is 2. The first-order valence-electron chi connectivity index (χ1n) is 13.7. The monoisotopic (exact) mass is 442 g/mol. The summed E-state index contributed by atoms with van der Waals surface area (Å²) in [5.41, 5.74) is 2.45. The van der Waals surface area contributed by atoms with Crippen molar-refractivity contribution in [2.45, 2.75) is 125 Å². The first-order chi connectivity index (χ1) is 14.6. The van der Waals surface area contributed by atoms with Crippen molar-refractivity contribution in [1.29, 1.82) is 0 Å². The zero-order valence-electron chi connectivity index (χ0n) is 22.2. The zero-order valence-corrected chi connectivity index (χ0v) is 22.2. The van der Waals surface area contributed by atoms with E-state index in [9.17, 15) is 10.2 Å². The van der Waals surface area contributed by atoms with Crippen molar-refractivity contribution in [1.82, 2.24) is 0 Å². The van der Waals surface area contributed by atoms with Gasteiger partial charge in [-0.3, -0.25) is 0 Å². The molecule has 5 rings (SSSR count). The summed E-state index contributed by atoms with van der Waals surface area (Å²) in [6, 6.07) is 0. The number of aliphatic hydroxyl groups is 2. The molecule has 2 nitrogen and oxygen atoms in total. The Kier molecular flexibility index (Phi) is 4.87. The normalized spacial score (nSPS) is 56.2. The van der Waals surface area contributed by atoms with Crippen molar-refractivity contribution < 1.29 is 10.2 Å². The van der Waals surface area contributed by atoms with E-state index in [1.54, 1.807) is 0 Å². The van der Waals surface area contributed by atoms with Gasteiger partial charge in [0.15, 0.2) is 0 Å². The van der Waals surface area contributed by atoms with Crippen LogP contribution in [0, 0.1) is 50.2 Å². The van der Waals surface area contributed by atoms with Crippen LogP contribution < -0.4 is 0 Å². The van der Waals surface area contributed by atoms with Gasteiger partial charge in [0.1, 0.15) is 0 Å². The summed E-state index contributed by atoms with van der Waals surface area (Å²) in [6.07, 6.45) is 12.7. The lowest BCUT2D eigenvalue weighted by molar-refractivity contribution is -0.221. The molecule has 32 heavy (non-hydrogen) atoms. The van der Waals surface area contributed by atoms with Crippen LogP contribution in [0.3, 0.4) is 0 Å². The minimum Gasteiger partial charge on any atom is -0.392 e. The maximum Gasteiger partial charge on any atom is 0.0658 e. The molecule has 5 aliphatic rings. The van der Waals surface area contributed by atoms with Crippen LogP contribution in [0.1, 0.15) is 113 Å². The van der Waals surface area contributed by atoms with Gasteiger partial charge in [0.25, 0.3) is 0 Å². The molecular formula is C30H50O2. The van der Waals surface area contributed by atoms with Crippen LogP contribution in [0.2, 0.25) is 0 Å². The Morgan fingerprint density at radius 1 is 0.750 bits per heavy atom.